The SMILES string of the molecule is C[C@H](CN)NC(=O)c1ccccc1O. The van der Waals surface area contributed by atoms with Crippen LogP contribution in [0.15, 0.2) is 24.3 Å². The number of hydrogen-bond acceptors (Lipinski definition) is 3. The fourth-order valence-corrected chi connectivity index (χ4v) is 1.03. The van der Waals surface area contributed by atoms with Gasteiger partial charge in [-0.05, 0) is 19.1 Å². The van der Waals surface area contributed by atoms with E-state index in [-0.39, 0.29) is 23.3 Å². The van der Waals surface area contributed by atoms with E-state index in [1.165, 1.54) is 6.07 Å². The van der Waals surface area contributed by atoms with Crippen molar-refractivity contribution in [1.82, 2.24) is 5.32 Å². The van der Waals surface area contributed by atoms with Gasteiger partial charge >= 0.3 is 0 Å². The summed E-state index contributed by atoms with van der Waals surface area (Å²) in [7, 11) is 0. The Morgan fingerprint density at radius 1 is 1.57 bits per heavy atom. The van der Waals surface area contributed by atoms with Gasteiger partial charge in [-0.3, -0.25) is 4.79 Å². The Morgan fingerprint density at radius 2 is 2.21 bits per heavy atom. The molecule has 4 heteroatoms. The molecule has 1 aromatic carbocycles. The molecule has 0 aromatic heterocycles. The number of carbonyl (C=O) groups excluding carboxylic acids is 1. The van der Waals surface area contributed by atoms with Gasteiger partial charge in [-0.25, -0.2) is 0 Å². The second kappa shape index (κ2) is 4.62. The number of carbonyl (C=O) groups is 1. The van der Waals surface area contributed by atoms with Crippen molar-refractivity contribution in [3.05, 3.63) is 29.8 Å². The van der Waals surface area contributed by atoms with Gasteiger partial charge in [0.15, 0.2) is 0 Å². The van der Waals surface area contributed by atoms with Crippen LogP contribution in [0, 0.1) is 0 Å². The maximum atomic E-state index is 11.5. The van der Waals surface area contributed by atoms with Crippen molar-refractivity contribution < 1.29 is 9.90 Å². The molecule has 1 rings (SSSR count). The van der Waals surface area contributed by atoms with Gasteiger partial charge in [0.05, 0.1) is 5.56 Å². The molecule has 0 aliphatic rings. The third-order valence-corrected chi connectivity index (χ3v) is 1.88. The Bertz CT molecular complexity index is 326. The standard InChI is InChI=1S/C10H14N2O2/c1-7(6-11)12-10(14)8-4-2-3-5-9(8)13/h2-5,7,13H,6,11H2,1H3,(H,12,14)/t7-/m1/s1. The lowest BCUT2D eigenvalue weighted by Crippen LogP contribution is -2.37. The summed E-state index contributed by atoms with van der Waals surface area (Å²) < 4.78 is 0. The molecule has 4 N–H and O–H groups in total. The van der Waals surface area contributed by atoms with Gasteiger partial charge in [-0.2, -0.15) is 0 Å². The van der Waals surface area contributed by atoms with Crippen LogP contribution in [0.5, 0.6) is 5.75 Å². The third kappa shape index (κ3) is 2.47. The topological polar surface area (TPSA) is 75.3 Å². The largest absolute Gasteiger partial charge is 0.507 e. The maximum Gasteiger partial charge on any atom is 0.255 e. The normalized spacial score (nSPS) is 12.1. The number of phenols is 1. The van der Waals surface area contributed by atoms with Crippen molar-refractivity contribution in [2.24, 2.45) is 5.73 Å². The van der Waals surface area contributed by atoms with E-state index in [4.69, 9.17) is 5.73 Å². The van der Waals surface area contributed by atoms with Gasteiger partial charge < -0.3 is 16.2 Å². The fourth-order valence-electron chi connectivity index (χ4n) is 1.03. The highest BCUT2D eigenvalue weighted by molar-refractivity contribution is 5.96. The lowest BCUT2D eigenvalue weighted by Gasteiger charge is -2.11. The molecule has 1 amide bonds. The van der Waals surface area contributed by atoms with Crippen molar-refractivity contribution in [2.75, 3.05) is 6.54 Å². The summed E-state index contributed by atoms with van der Waals surface area (Å²) >= 11 is 0. The van der Waals surface area contributed by atoms with Crippen LogP contribution in [0.25, 0.3) is 0 Å². The average molecular weight is 194 g/mol. The second-order valence-electron chi connectivity index (χ2n) is 3.13. The Balaban J connectivity index is 2.75. The number of aromatic hydroxyl groups is 1. The second-order valence-corrected chi connectivity index (χ2v) is 3.13. The highest BCUT2D eigenvalue weighted by Crippen LogP contribution is 2.14. The number of para-hydroxylation sites is 1. The van der Waals surface area contributed by atoms with E-state index >= 15 is 0 Å². The molecule has 0 bridgehead atoms. The first-order chi connectivity index (χ1) is 6.65. The maximum absolute atomic E-state index is 11.5. The Hall–Kier alpha value is -1.55. The molecule has 76 valence electrons. The van der Waals surface area contributed by atoms with E-state index in [9.17, 15) is 9.90 Å². The number of amides is 1. The summed E-state index contributed by atoms with van der Waals surface area (Å²) in [5.74, 6) is -0.324. The monoisotopic (exact) mass is 194 g/mol. The van der Waals surface area contributed by atoms with Gasteiger partial charge in [0.2, 0.25) is 0 Å². The number of phenolic OH excluding ortho intramolecular Hbond substituents is 1. The molecule has 0 heterocycles. The summed E-state index contributed by atoms with van der Waals surface area (Å²) in [6.07, 6.45) is 0. The molecule has 14 heavy (non-hydrogen) atoms. The molecule has 0 aliphatic carbocycles. The van der Waals surface area contributed by atoms with E-state index in [0.29, 0.717) is 6.54 Å². The molecule has 0 saturated carbocycles. The molecule has 4 nitrogen and oxygen atoms in total. The van der Waals surface area contributed by atoms with E-state index in [2.05, 4.69) is 5.32 Å². The van der Waals surface area contributed by atoms with Crippen molar-refractivity contribution in [3.63, 3.8) is 0 Å². The molecule has 1 atom stereocenters. The van der Waals surface area contributed by atoms with Crippen molar-refractivity contribution in [2.45, 2.75) is 13.0 Å². The van der Waals surface area contributed by atoms with Crippen LogP contribution in [0.4, 0.5) is 0 Å². The van der Waals surface area contributed by atoms with Gasteiger partial charge in [0.1, 0.15) is 5.75 Å². The van der Waals surface area contributed by atoms with Gasteiger partial charge in [-0.1, -0.05) is 12.1 Å². The molecule has 0 aliphatic heterocycles. The zero-order chi connectivity index (χ0) is 10.6. The number of benzene rings is 1. The lowest BCUT2D eigenvalue weighted by atomic mass is 10.2. The molecule has 0 unspecified atom stereocenters. The summed E-state index contributed by atoms with van der Waals surface area (Å²) in [5, 5.41) is 12.0. The van der Waals surface area contributed by atoms with Crippen LogP contribution >= 0.6 is 0 Å². The molecular weight excluding hydrogens is 180 g/mol. The predicted molar refractivity (Wildman–Crippen MR) is 54.1 cm³/mol. The number of nitrogens with one attached hydrogen (secondary N) is 1. The Morgan fingerprint density at radius 3 is 2.79 bits per heavy atom. The van der Waals surface area contributed by atoms with Crippen LogP contribution in [0.2, 0.25) is 0 Å². The van der Waals surface area contributed by atoms with E-state index in [0.717, 1.165) is 0 Å². The minimum atomic E-state index is -0.305. The summed E-state index contributed by atoms with van der Waals surface area (Å²) in [6, 6.07) is 6.30. The van der Waals surface area contributed by atoms with Gasteiger partial charge in [0.25, 0.3) is 5.91 Å². The van der Waals surface area contributed by atoms with Gasteiger partial charge in [0, 0.05) is 12.6 Å². The first-order valence-electron chi connectivity index (χ1n) is 4.44. The number of rotatable bonds is 3. The summed E-state index contributed by atoms with van der Waals surface area (Å²) in [4.78, 5) is 11.5. The first kappa shape index (κ1) is 10.5. The zero-order valence-electron chi connectivity index (χ0n) is 8.03. The molecule has 0 radical (unpaired) electrons. The van der Waals surface area contributed by atoms with Crippen LogP contribution in [-0.2, 0) is 0 Å². The van der Waals surface area contributed by atoms with Crippen LogP contribution < -0.4 is 11.1 Å². The van der Waals surface area contributed by atoms with E-state index in [1.807, 2.05) is 0 Å². The Labute approximate surface area is 82.7 Å². The average Bonchev–Trinajstić information content (AvgIpc) is 2.18. The quantitative estimate of drug-likeness (QED) is 0.654. The fraction of sp³-hybridized carbons (Fsp3) is 0.300. The molecule has 1 aromatic rings. The van der Waals surface area contributed by atoms with Crippen LogP contribution in [-0.4, -0.2) is 23.6 Å². The molecule has 0 spiro atoms. The number of hydrogen-bond donors (Lipinski definition) is 3. The van der Waals surface area contributed by atoms with Crippen molar-refractivity contribution in [1.29, 1.82) is 0 Å². The molecule has 0 fully saturated rings. The third-order valence-electron chi connectivity index (χ3n) is 1.88. The van der Waals surface area contributed by atoms with Crippen molar-refractivity contribution >= 4 is 5.91 Å². The molecular formula is C10H14N2O2. The molecule has 0 saturated heterocycles. The van der Waals surface area contributed by atoms with Gasteiger partial charge in [-0.15, -0.1) is 0 Å². The first-order valence-corrected chi connectivity index (χ1v) is 4.44. The van der Waals surface area contributed by atoms with E-state index < -0.39 is 0 Å². The highest BCUT2D eigenvalue weighted by atomic mass is 16.3. The minimum absolute atomic E-state index is 0.0192. The van der Waals surface area contributed by atoms with E-state index in [1.54, 1.807) is 25.1 Å². The summed E-state index contributed by atoms with van der Waals surface area (Å²) in [6.45, 7) is 2.18. The lowest BCUT2D eigenvalue weighted by molar-refractivity contribution is 0.0938. The minimum Gasteiger partial charge on any atom is -0.507 e. The number of nitrogens with two attached hydrogens (primary N) is 1. The highest BCUT2D eigenvalue weighted by Gasteiger charge is 2.11. The Kier molecular flexibility index (Phi) is 3.48. The van der Waals surface area contributed by atoms with Crippen molar-refractivity contribution in [3.8, 4) is 5.75 Å². The smallest absolute Gasteiger partial charge is 0.255 e. The summed E-state index contributed by atoms with van der Waals surface area (Å²) in [5.41, 5.74) is 5.63. The van der Waals surface area contributed by atoms with Crippen LogP contribution in [0.3, 0.4) is 0 Å². The predicted octanol–water partition coefficient (Wildman–Crippen LogP) is 0.469. The zero-order valence-corrected chi connectivity index (χ0v) is 8.03. The van der Waals surface area contributed by atoms with Crippen LogP contribution in [0.1, 0.15) is 17.3 Å².